The first-order valence-electron chi connectivity index (χ1n) is 7.14. The van der Waals surface area contributed by atoms with E-state index in [1.807, 2.05) is 6.07 Å². The number of nitrogens with zero attached hydrogens (tertiary/aromatic N) is 2. The molecular weight excluding hydrogens is 334 g/mol. The molecular formula is C16H18ClN3O4. The largest absolute Gasteiger partial charge is 0.479 e. The highest BCUT2D eigenvalue weighted by Crippen LogP contribution is 2.22. The number of carbonyl (C=O) groups excluding carboxylic acids is 1. The first kappa shape index (κ1) is 18.0. The number of para-hydroxylation sites is 1. The fourth-order valence-electron chi connectivity index (χ4n) is 2.26. The van der Waals surface area contributed by atoms with Crippen LogP contribution in [0.4, 0.5) is 0 Å². The van der Waals surface area contributed by atoms with E-state index in [1.165, 1.54) is 24.9 Å². The quantitative estimate of drug-likeness (QED) is 0.830. The molecule has 2 aromatic rings. The summed E-state index contributed by atoms with van der Waals surface area (Å²) in [5, 5.41) is 16.5. The molecule has 0 aliphatic rings. The van der Waals surface area contributed by atoms with Gasteiger partial charge in [-0.3, -0.25) is 4.79 Å². The van der Waals surface area contributed by atoms with Gasteiger partial charge in [0, 0.05) is 7.11 Å². The van der Waals surface area contributed by atoms with Crippen LogP contribution in [0, 0.1) is 6.92 Å². The molecule has 1 heterocycles. The highest BCUT2D eigenvalue weighted by molar-refractivity contribution is 6.32. The van der Waals surface area contributed by atoms with Crippen molar-refractivity contribution in [3.63, 3.8) is 0 Å². The summed E-state index contributed by atoms with van der Waals surface area (Å²) in [6, 6.07) is 7.09. The average Bonchev–Trinajstić information content (AvgIpc) is 2.89. The molecule has 0 radical (unpaired) electrons. The maximum Gasteiger partial charge on any atom is 0.331 e. The Kier molecular flexibility index (Phi) is 5.26. The van der Waals surface area contributed by atoms with E-state index in [2.05, 4.69) is 10.4 Å². The van der Waals surface area contributed by atoms with Crippen molar-refractivity contribution >= 4 is 23.5 Å². The molecule has 0 fully saturated rings. The highest BCUT2D eigenvalue weighted by Gasteiger charge is 2.36. The van der Waals surface area contributed by atoms with E-state index < -0.39 is 17.4 Å². The third-order valence-corrected chi connectivity index (χ3v) is 3.95. The topological polar surface area (TPSA) is 93.5 Å². The number of carboxylic acids is 1. The zero-order chi connectivity index (χ0) is 17.9. The summed E-state index contributed by atoms with van der Waals surface area (Å²) in [7, 11) is 1.37. The van der Waals surface area contributed by atoms with Gasteiger partial charge in [-0.15, -0.1) is 0 Å². The van der Waals surface area contributed by atoms with E-state index in [9.17, 15) is 14.7 Å². The van der Waals surface area contributed by atoms with Crippen LogP contribution >= 0.6 is 11.6 Å². The van der Waals surface area contributed by atoms with E-state index in [0.717, 1.165) is 0 Å². The summed E-state index contributed by atoms with van der Waals surface area (Å²) in [4.78, 5) is 23.9. The summed E-state index contributed by atoms with van der Waals surface area (Å²) >= 11 is 6.15. The van der Waals surface area contributed by atoms with Crippen LogP contribution in [0.1, 0.15) is 23.0 Å². The summed E-state index contributed by atoms with van der Waals surface area (Å²) in [5.74, 6) is -1.73. The highest BCUT2D eigenvalue weighted by atomic mass is 35.5. The Morgan fingerprint density at radius 2 is 2.08 bits per heavy atom. The predicted octanol–water partition coefficient (Wildman–Crippen LogP) is 2.05. The standard InChI is InChI=1S/C16H18ClN3O4/c1-10-11(14(21)19-16(2,9-24-3)15(22)23)8-18-20(10)13-7-5-4-6-12(13)17/h4-8H,9H2,1-3H3,(H,19,21)(H,22,23). The van der Waals surface area contributed by atoms with Gasteiger partial charge in [0.15, 0.2) is 5.54 Å². The first-order valence-corrected chi connectivity index (χ1v) is 7.52. The zero-order valence-corrected chi connectivity index (χ0v) is 14.3. The third kappa shape index (κ3) is 3.42. The fourth-order valence-corrected chi connectivity index (χ4v) is 2.47. The number of benzene rings is 1. The molecule has 0 spiro atoms. The lowest BCUT2D eigenvalue weighted by Crippen LogP contribution is -2.55. The molecule has 0 saturated carbocycles. The SMILES string of the molecule is COCC(C)(NC(=O)c1cnn(-c2ccccc2Cl)c1C)C(=O)O. The van der Waals surface area contributed by atoms with Crippen molar-refractivity contribution < 1.29 is 19.4 Å². The molecule has 128 valence electrons. The van der Waals surface area contributed by atoms with Crippen LogP contribution in [-0.2, 0) is 9.53 Å². The van der Waals surface area contributed by atoms with Gasteiger partial charge >= 0.3 is 5.97 Å². The van der Waals surface area contributed by atoms with Crippen molar-refractivity contribution in [3.8, 4) is 5.69 Å². The van der Waals surface area contributed by atoms with Crippen molar-refractivity contribution in [1.82, 2.24) is 15.1 Å². The van der Waals surface area contributed by atoms with Crippen LogP contribution in [0.2, 0.25) is 5.02 Å². The van der Waals surface area contributed by atoms with Crippen molar-refractivity contribution in [2.45, 2.75) is 19.4 Å². The van der Waals surface area contributed by atoms with Crippen LogP contribution in [0.3, 0.4) is 0 Å². The minimum Gasteiger partial charge on any atom is -0.479 e. The molecule has 7 nitrogen and oxygen atoms in total. The second kappa shape index (κ2) is 7.02. The Balaban J connectivity index is 2.32. The molecule has 2 rings (SSSR count). The van der Waals surface area contributed by atoms with E-state index in [1.54, 1.807) is 25.1 Å². The Hall–Kier alpha value is -2.38. The number of aromatic nitrogens is 2. The molecule has 1 aromatic carbocycles. The molecule has 1 unspecified atom stereocenters. The smallest absolute Gasteiger partial charge is 0.331 e. The van der Waals surface area contributed by atoms with Gasteiger partial charge in [0.05, 0.1) is 34.8 Å². The molecule has 8 heteroatoms. The van der Waals surface area contributed by atoms with E-state index in [0.29, 0.717) is 16.4 Å². The van der Waals surface area contributed by atoms with Crippen LogP contribution in [0.15, 0.2) is 30.5 Å². The number of halogens is 1. The normalized spacial score (nSPS) is 13.3. The van der Waals surface area contributed by atoms with Gasteiger partial charge in [0.1, 0.15) is 0 Å². The first-order chi connectivity index (χ1) is 11.3. The molecule has 0 bridgehead atoms. The van der Waals surface area contributed by atoms with Gasteiger partial charge in [-0.05, 0) is 26.0 Å². The minimum atomic E-state index is -1.54. The molecule has 24 heavy (non-hydrogen) atoms. The Bertz CT molecular complexity index is 774. The Morgan fingerprint density at radius 3 is 2.67 bits per heavy atom. The monoisotopic (exact) mass is 351 g/mol. The third-order valence-electron chi connectivity index (χ3n) is 3.63. The van der Waals surface area contributed by atoms with Gasteiger partial charge < -0.3 is 15.2 Å². The van der Waals surface area contributed by atoms with Crippen molar-refractivity contribution in [2.75, 3.05) is 13.7 Å². The molecule has 1 aromatic heterocycles. The lowest BCUT2D eigenvalue weighted by Gasteiger charge is -2.25. The number of methoxy groups -OCH3 is 1. The number of hydrogen-bond acceptors (Lipinski definition) is 4. The number of ether oxygens (including phenoxy) is 1. The predicted molar refractivity (Wildman–Crippen MR) is 88.7 cm³/mol. The van der Waals surface area contributed by atoms with Crippen LogP contribution in [0.25, 0.3) is 5.69 Å². The van der Waals surface area contributed by atoms with Crippen molar-refractivity contribution in [3.05, 3.63) is 46.7 Å². The van der Waals surface area contributed by atoms with E-state index in [-0.39, 0.29) is 12.2 Å². The Morgan fingerprint density at radius 1 is 1.42 bits per heavy atom. The minimum absolute atomic E-state index is 0.161. The van der Waals surface area contributed by atoms with Gasteiger partial charge in [0.2, 0.25) is 0 Å². The second-order valence-corrected chi connectivity index (χ2v) is 5.94. The van der Waals surface area contributed by atoms with Gasteiger partial charge in [-0.1, -0.05) is 23.7 Å². The molecule has 0 saturated heterocycles. The molecule has 0 aliphatic heterocycles. The number of amides is 1. The average molecular weight is 352 g/mol. The van der Waals surface area contributed by atoms with E-state index >= 15 is 0 Å². The van der Waals surface area contributed by atoms with Crippen LogP contribution in [0.5, 0.6) is 0 Å². The number of hydrogen-bond donors (Lipinski definition) is 2. The second-order valence-electron chi connectivity index (χ2n) is 5.53. The number of carboxylic acid groups (broad SMARTS) is 1. The van der Waals surface area contributed by atoms with Gasteiger partial charge in [-0.2, -0.15) is 5.10 Å². The molecule has 0 aliphatic carbocycles. The zero-order valence-electron chi connectivity index (χ0n) is 13.5. The summed E-state index contributed by atoms with van der Waals surface area (Å²) in [6.45, 7) is 2.93. The number of aliphatic carboxylic acids is 1. The van der Waals surface area contributed by atoms with Crippen LogP contribution in [-0.4, -0.2) is 46.0 Å². The van der Waals surface area contributed by atoms with Gasteiger partial charge in [0.25, 0.3) is 5.91 Å². The lowest BCUT2D eigenvalue weighted by molar-refractivity contribution is -0.145. The summed E-state index contributed by atoms with van der Waals surface area (Å²) < 4.78 is 6.43. The lowest BCUT2D eigenvalue weighted by atomic mass is 10.0. The number of nitrogens with one attached hydrogen (secondary N) is 1. The number of carbonyl (C=O) groups is 2. The maximum atomic E-state index is 12.5. The molecule has 1 amide bonds. The van der Waals surface area contributed by atoms with E-state index in [4.69, 9.17) is 16.3 Å². The van der Waals surface area contributed by atoms with Crippen molar-refractivity contribution in [1.29, 1.82) is 0 Å². The van der Waals surface area contributed by atoms with Crippen LogP contribution < -0.4 is 5.32 Å². The molecule has 1 atom stereocenters. The number of rotatable bonds is 6. The molecule has 2 N–H and O–H groups in total. The van der Waals surface area contributed by atoms with Gasteiger partial charge in [-0.25, -0.2) is 9.48 Å². The fraction of sp³-hybridized carbons (Fsp3) is 0.312. The maximum absolute atomic E-state index is 12.5. The summed E-state index contributed by atoms with van der Waals surface area (Å²) in [6.07, 6.45) is 1.38. The van der Waals surface area contributed by atoms with Crippen molar-refractivity contribution in [2.24, 2.45) is 0 Å². The Labute approximate surface area is 144 Å². The summed E-state index contributed by atoms with van der Waals surface area (Å²) in [5.41, 5.74) is -0.0945.